The van der Waals surface area contributed by atoms with Gasteiger partial charge >= 0.3 is 0 Å². The number of para-hydroxylation sites is 4. The molecule has 4 aromatic carbocycles. The van der Waals surface area contributed by atoms with Gasteiger partial charge in [-0.2, -0.15) is 0 Å². The second kappa shape index (κ2) is 42.0. The largest absolute Gasteiger partial charge is 0.479 e. The second-order valence-electron chi connectivity index (χ2n) is 20.4. The molecule has 4 aromatic rings. The molecule has 0 amide bonds. The molecule has 14 heteroatoms. The van der Waals surface area contributed by atoms with E-state index in [0.717, 1.165) is 0 Å². The van der Waals surface area contributed by atoms with Crippen molar-refractivity contribution in [2.75, 3.05) is 26.2 Å². The fraction of sp³-hybridized carbons (Fsp3) is 0.415. The SMILES string of the molecule is C.C=C[CH2-].CC(C)c1cccc(C(C)C)c1N1C=CN(c2c(C(C)C)cccc2C(C)C)[CH-]1.CC(C)c1cccc(C(C)C)c1N1C=CN(c2c(C(C)C)cccc2C(C)C)[CH-]1.F[C-](F)F.F[C-](F)F.[Au].[Au].[CH2-]C(O)CO.[CH3-].[CH3-]. The molecule has 2 N–H and O–H groups in total. The third-order valence-electron chi connectivity index (χ3n) is 11.9. The number of hydrogen-bond acceptors (Lipinski definition) is 6. The second-order valence-corrected chi connectivity index (χ2v) is 20.4. The van der Waals surface area contributed by atoms with Crippen molar-refractivity contribution < 1.29 is 81.3 Å². The predicted octanol–water partition coefficient (Wildman–Crippen LogP) is 20.6. The molecule has 1 atom stereocenters. The number of allylic oxidation sites excluding steroid dienone is 1. The molecule has 2 radical (unpaired) electrons. The number of halogens is 6. The molecule has 0 aromatic heterocycles. The van der Waals surface area contributed by atoms with Crippen LogP contribution < -0.4 is 19.6 Å². The minimum Gasteiger partial charge on any atom is -0.479 e. The molecule has 79 heavy (non-hydrogen) atoms. The number of aliphatic hydroxyl groups excluding tert-OH is 2. The quantitative estimate of drug-likeness (QED) is 0.0790. The van der Waals surface area contributed by atoms with E-state index in [0.29, 0.717) is 47.3 Å². The maximum Gasteiger partial charge on any atom is 0.154 e. The summed E-state index contributed by atoms with van der Waals surface area (Å²) in [5.41, 5.74) is 16.6. The first-order valence-corrected chi connectivity index (χ1v) is 25.5. The molecule has 2 aliphatic rings. The van der Waals surface area contributed by atoms with Crippen LogP contribution in [0.4, 0.5) is 49.1 Å². The van der Waals surface area contributed by atoms with Crippen LogP contribution in [-0.4, -0.2) is 22.9 Å². The number of anilines is 4. The standard InChI is InChI=1S/2C27H37N2.C3H7O2.C3H5.2CF3.CH4.2CH3.2Au/c2*1-18(2)22-11-9-12-23(19(3)4)26(22)28-15-16-29(17-28)27-24(20(5)6)13-10-14-25(27)21(7)8;1-3(5)2-4;1-3-2;2*2-1(3)4;;;;;/h2*9-21H,1-8H3;3-5H,1-2H2;3H,1-2H2;;;1H4;2*1H3;;/q6*-1;;2*-1;;. The van der Waals surface area contributed by atoms with Crippen molar-refractivity contribution in [2.45, 2.75) is 172 Å². The third-order valence-corrected chi connectivity index (χ3v) is 11.9. The first-order chi connectivity index (χ1) is 34.6. The van der Waals surface area contributed by atoms with Gasteiger partial charge in [-0.15, -0.1) is 13.3 Å². The van der Waals surface area contributed by atoms with Gasteiger partial charge in [0.2, 0.25) is 0 Å². The summed E-state index contributed by atoms with van der Waals surface area (Å²) in [6.07, 6.45) is 9.56. The van der Waals surface area contributed by atoms with Gasteiger partial charge in [0, 0.05) is 74.1 Å². The minimum absolute atomic E-state index is 0. The van der Waals surface area contributed by atoms with Gasteiger partial charge in [0.05, 0.1) is 0 Å². The van der Waals surface area contributed by atoms with Crippen molar-refractivity contribution in [1.82, 2.24) is 0 Å². The molecule has 2 aliphatic heterocycles. The van der Waals surface area contributed by atoms with E-state index >= 15 is 0 Å². The molecule has 460 valence electrons. The van der Waals surface area contributed by atoms with Crippen LogP contribution in [0.2, 0.25) is 0 Å². The molecule has 0 saturated heterocycles. The Morgan fingerprint density at radius 2 is 0.557 bits per heavy atom. The van der Waals surface area contributed by atoms with E-state index in [1.807, 2.05) is 0 Å². The maximum atomic E-state index is 9.58. The summed E-state index contributed by atoms with van der Waals surface area (Å²) >= 11 is 0. The smallest absolute Gasteiger partial charge is 0.154 e. The van der Waals surface area contributed by atoms with Gasteiger partial charge in [-0.25, -0.2) is 19.6 Å². The Labute approximate surface area is 508 Å². The van der Waals surface area contributed by atoms with Gasteiger partial charge in [0.15, 0.2) is 13.4 Å². The van der Waals surface area contributed by atoms with Crippen LogP contribution in [0.25, 0.3) is 0 Å². The predicted molar refractivity (Wildman–Crippen MR) is 322 cm³/mol. The summed E-state index contributed by atoms with van der Waals surface area (Å²) in [4.78, 5) is 9.30. The molecule has 0 bridgehead atoms. The molecule has 0 spiro atoms. The van der Waals surface area contributed by atoms with Crippen LogP contribution in [0.15, 0.2) is 110 Å². The van der Waals surface area contributed by atoms with Crippen LogP contribution in [0.1, 0.15) is 210 Å². The van der Waals surface area contributed by atoms with E-state index in [4.69, 9.17) is 10.2 Å². The van der Waals surface area contributed by atoms with Crippen LogP contribution >= 0.6 is 0 Å². The summed E-state index contributed by atoms with van der Waals surface area (Å²) in [5.74, 6) is 3.84. The van der Waals surface area contributed by atoms with E-state index in [2.05, 4.69) is 262 Å². The zero-order valence-corrected chi connectivity index (χ0v) is 53.9. The summed E-state index contributed by atoms with van der Waals surface area (Å²) in [6.45, 7) is 44.2. The van der Waals surface area contributed by atoms with Crippen LogP contribution in [0, 0.1) is 55.4 Å². The zero-order valence-electron chi connectivity index (χ0n) is 49.5. The van der Waals surface area contributed by atoms with E-state index in [1.54, 1.807) is 0 Å². The van der Waals surface area contributed by atoms with Gasteiger partial charge in [0.1, 0.15) is 0 Å². The molecule has 0 aliphatic carbocycles. The molecule has 0 saturated carbocycles. The number of benzene rings is 4. The number of hydrogen-bond donors (Lipinski definition) is 2. The van der Waals surface area contributed by atoms with E-state index in [9.17, 15) is 26.3 Å². The molecular formula is C65H96Au2F6N4O2-8. The average molecular weight is 1470 g/mol. The average Bonchev–Trinajstić information content (AvgIpc) is 4.02. The first-order valence-electron chi connectivity index (χ1n) is 25.5. The van der Waals surface area contributed by atoms with Gasteiger partial charge < -0.3 is 77.9 Å². The Morgan fingerprint density at radius 3 is 0.646 bits per heavy atom. The van der Waals surface area contributed by atoms with Gasteiger partial charge in [-0.3, -0.25) is 0 Å². The Bertz CT molecular complexity index is 1910. The first kappa shape index (κ1) is 84.0. The molecule has 6 nitrogen and oxygen atoms in total. The fourth-order valence-electron chi connectivity index (χ4n) is 8.48. The summed E-state index contributed by atoms with van der Waals surface area (Å²) in [6, 6.07) is 27.0. The Balaban J connectivity index is -0.000000345. The third kappa shape index (κ3) is 26.7. The zero-order chi connectivity index (χ0) is 56.7. The molecule has 2 heterocycles. The van der Waals surface area contributed by atoms with Crippen molar-refractivity contribution in [3.8, 4) is 0 Å². The van der Waals surface area contributed by atoms with Crippen LogP contribution in [0.5, 0.6) is 0 Å². The summed E-state index contributed by atoms with van der Waals surface area (Å²) in [7, 11) is 0. The van der Waals surface area contributed by atoms with Gasteiger partial charge in [0.25, 0.3) is 0 Å². The fourth-order valence-corrected chi connectivity index (χ4v) is 8.48. The van der Waals surface area contributed by atoms with Crippen LogP contribution in [0.3, 0.4) is 0 Å². The number of aliphatic hydroxyl groups is 2. The summed E-state index contributed by atoms with van der Waals surface area (Å²) < 4.78 is 57.5. The minimum atomic E-state index is -3.08. The van der Waals surface area contributed by atoms with Crippen molar-refractivity contribution in [3.63, 3.8) is 0 Å². The molecular weight excluding hydrogens is 1380 g/mol. The summed E-state index contributed by atoms with van der Waals surface area (Å²) in [5, 5.41) is 15.8. The molecule has 6 rings (SSSR count). The van der Waals surface area contributed by atoms with E-state index < -0.39 is 19.5 Å². The number of nitrogens with zero attached hydrogens (tertiary/aromatic N) is 4. The van der Waals surface area contributed by atoms with Gasteiger partial charge in [-0.1, -0.05) is 191 Å². The Morgan fingerprint density at radius 1 is 0.443 bits per heavy atom. The normalized spacial score (nSPS) is 12.5. The van der Waals surface area contributed by atoms with Crippen molar-refractivity contribution in [3.05, 3.63) is 210 Å². The molecule has 1 unspecified atom stereocenters. The van der Waals surface area contributed by atoms with E-state index in [1.165, 1.54) is 73.3 Å². The van der Waals surface area contributed by atoms with Crippen molar-refractivity contribution >= 4 is 22.7 Å². The Hall–Kier alpha value is -3.85. The maximum absolute atomic E-state index is 9.58. The van der Waals surface area contributed by atoms with Gasteiger partial charge in [-0.05, 0) is 123 Å². The topological polar surface area (TPSA) is 53.4 Å². The molecule has 0 fully saturated rings. The van der Waals surface area contributed by atoms with Crippen molar-refractivity contribution in [1.29, 1.82) is 0 Å². The number of rotatable bonds is 13. The Kier molecular flexibility index (Phi) is 44.7. The van der Waals surface area contributed by atoms with Crippen LogP contribution in [-0.2, 0) is 44.8 Å². The monoisotopic (exact) mass is 1470 g/mol. The van der Waals surface area contributed by atoms with Crippen molar-refractivity contribution in [2.24, 2.45) is 0 Å². The van der Waals surface area contributed by atoms with E-state index in [-0.39, 0.29) is 73.6 Å².